The van der Waals surface area contributed by atoms with Gasteiger partial charge in [-0.1, -0.05) is 20.8 Å². The van der Waals surface area contributed by atoms with E-state index >= 15 is 0 Å². The Morgan fingerprint density at radius 3 is 2.71 bits per heavy atom. The maximum Gasteiger partial charge on any atom is 0.115 e. The van der Waals surface area contributed by atoms with E-state index in [0.29, 0.717) is 0 Å². The van der Waals surface area contributed by atoms with Gasteiger partial charge in [-0.25, -0.2) is 4.98 Å². The molecule has 1 unspecified atom stereocenters. The van der Waals surface area contributed by atoms with Gasteiger partial charge in [0.05, 0.1) is 17.9 Å². The minimum absolute atomic E-state index is 0.166. The van der Waals surface area contributed by atoms with E-state index in [-0.39, 0.29) is 6.04 Å². The Morgan fingerprint density at radius 2 is 2.10 bits per heavy atom. The van der Waals surface area contributed by atoms with Gasteiger partial charge in [-0.3, -0.25) is 4.68 Å². The molecule has 0 aromatic carbocycles. The number of hydrogen-bond donors (Lipinski definition) is 1. The van der Waals surface area contributed by atoms with E-state index in [0.717, 1.165) is 37.4 Å². The molecule has 2 rings (SSSR count). The van der Waals surface area contributed by atoms with Gasteiger partial charge in [0.2, 0.25) is 0 Å². The zero-order chi connectivity index (χ0) is 15.2. The first-order valence-corrected chi connectivity index (χ1v) is 8.73. The lowest BCUT2D eigenvalue weighted by Crippen LogP contribution is -2.22. The van der Waals surface area contributed by atoms with E-state index in [4.69, 9.17) is 4.98 Å². The number of nitrogens with zero attached hydrogens (tertiary/aromatic N) is 3. The van der Waals surface area contributed by atoms with E-state index in [2.05, 4.69) is 44.3 Å². The zero-order valence-corrected chi connectivity index (χ0v) is 14.3. The van der Waals surface area contributed by atoms with Crippen LogP contribution >= 0.6 is 11.3 Å². The summed E-state index contributed by atoms with van der Waals surface area (Å²) in [5.41, 5.74) is 2.44. The average molecular weight is 306 g/mol. The van der Waals surface area contributed by atoms with Crippen LogP contribution in [0, 0.1) is 6.92 Å². The Hall–Kier alpha value is -1.20. The molecule has 5 heteroatoms. The summed E-state index contributed by atoms with van der Waals surface area (Å²) < 4.78 is 2.02. The quantitative estimate of drug-likeness (QED) is 0.808. The summed E-state index contributed by atoms with van der Waals surface area (Å²) in [6.45, 7) is 10.7. The summed E-state index contributed by atoms with van der Waals surface area (Å²) in [4.78, 5) is 6.16. The standard InChI is InChI=1S/C16H26N4S/c1-5-8-17-15(13-10-18-20(11-13)9-6-2)16-19-14(7-3)12(4)21-16/h10-11,15,17H,5-9H2,1-4H3. The summed E-state index contributed by atoms with van der Waals surface area (Å²) in [6.07, 6.45) is 7.34. The van der Waals surface area contributed by atoms with Gasteiger partial charge in [-0.15, -0.1) is 11.3 Å². The highest BCUT2D eigenvalue weighted by Gasteiger charge is 2.20. The lowest BCUT2D eigenvalue weighted by molar-refractivity contribution is 0.586. The Labute approximate surface area is 131 Å². The minimum atomic E-state index is 0.166. The Balaban J connectivity index is 2.27. The van der Waals surface area contributed by atoms with Gasteiger partial charge in [0.1, 0.15) is 5.01 Å². The predicted octanol–water partition coefficient (Wildman–Crippen LogP) is 3.71. The van der Waals surface area contributed by atoms with Crippen LogP contribution in [0.3, 0.4) is 0 Å². The SMILES string of the molecule is CCCNC(c1cnn(CCC)c1)c1nc(CC)c(C)s1. The van der Waals surface area contributed by atoms with Crippen LogP contribution in [0.5, 0.6) is 0 Å². The number of rotatable bonds is 8. The van der Waals surface area contributed by atoms with Crippen molar-refractivity contribution in [2.45, 2.75) is 59.5 Å². The van der Waals surface area contributed by atoms with E-state index in [1.165, 1.54) is 16.1 Å². The largest absolute Gasteiger partial charge is 0.304 e. The number of nitrogens with one attached hydrogen (secondary N) is 1. The molecule has 0 aliphatic rings. The second-order valence-corrected chi connectivity index (χ2v) is 6.57. The molecule has 0 amide bonds. The summed E-state index contributed by atoms with van der Waals surface area (Å²) >= 11 is 1.80. The van der Waals surface area contributed by atoms with Gasteiger partial charge in [0.25, 0.3) is 0 Å². The Kier molecular flexibility index (Phi) is 5.94. The molecule has 2 heterocycles. The molecule has 2 aromatic heterocycles. The highest BCUT2D eigenvalue weighted by Crippen LogP contribution is 2.28. The van der Waals surface area contributed by atoms with Crippen LogP contribution in [0.4, 0.5) is 0 Å². The molecule has 116 valence electrons. The van der Waals surface area contributed by atoms with Crippen LogP contribution in [0.15, 0.2) is 12.4 Å². The summed E-state index contributed by atoms with van der Waals surface area (Å²) in [7, 11) is 0. The molecule has 0 radical (unpaired) electrons. The van der Waals surface area contributed by atoms with Gasteiger partial charge in [0, 0.05) is 23.2 Å². The van der Waals surface area contributed by atoms with Gasteiger partial charge in [-0.2, -0.15) is 5.10 Å². The molecule has 0 aliphatic heterocycles. The van der Waals surface area contributed by atoms with Crippen LogP contribution < -0.4 is 5.32 Å². The smallest absolute Gasteiger partial charge is 0.115 e. The van der Waals surface area contributed by atoms with Crippen LogP contribution in [0.25, 0.3) is 0 Å². The molecular formula is C16H26N4S. The third-order valence-corrected chi connectivity index (χ3v) is 4.61. The maximum atomic E-state index is 4.83. The fraction of sp³-hybridized carbons (Fsp3) is 0.625. The average Bonchev–Trinajstić information content (AvgIpc) is 3.07. The van der Waals surface area contributed by atoms with E-state index < -0.39 is 0 Å². The van der Waals surface area contributed by atoms with Crippen molar-refractivity contribution in [2.24, 2.45) is 0 Å². The van der Waals surface area contributed by atoms with Crippen molar-refractivity contribution in [3.05, 3.63) is 33.5 Å². The molecule has 2 aromatic rings. The monoisotopic (exact) mass is 306 g/mol. The van der Waals surface area contributed by atoms with Crippen molar-refractivity contribution in [1.29, 1.82) is 0 Å². The summed E-state index contributed by atoms with van der Waals surface area (Å²) in [5.74, 6) is 0. The molecular weight excluding hydrogens is 280 g/mol. The summed E-state index contributed by atoms with van der Waals surface area (Å²) in [5, 5.41) is 9.24. The molecule has 0 spiro atoms. The Bertz CT molecular complexity index is 558. The molecule has 1 atom stereocenters. The van der Waals surface area contributed by atoms with Crippen molar-refractivity contribution in [2.75, 3.05) is 6.54 Å². The van der Waals surface area contributed by atoms with Crippen LogP contribution in [0.1, 0.15) is 60.8 Å². The molecule has 1 N–H and O–H groups in total. The zero-order valence-electron chi connectivity index (χ0n) is 13.5. The normalized spacial score (nSPS) is 12.8. The first kappa shape index (κ1) is 16.2. The molecule has 0 fully saturated rings. The molecule has 21 heavy (non-hydrogen) atoms. The van der Waals surface area contributed by atoms with Crippen LogP contribution in [-0.4, -0.2) is 21.3 Å². The minimum Gasteiger partial charge on any atom is -0.304 e. The van der Waals surface area contributed by atoms with Gasteiger partial charge in [-0.05, 0) is 32.7 Å². The third-order valence-electron chi connectivity index (χ3n) is 3.53. The number of aryl methyl sites for hydroxylation is 3. The second kappa shape index (κ2) is 7.71. The van der Waals surface area contributed by atoms with Crippen molar-refractivity contribution >= 4 is 11.3 Å². The Morgan fingerprint density at radius 1 is 1.29 bits per heavy atom. The first-order valence-electron chi connectivity index (χ1n) is 7.91. The van der Waals surface area contributed by atoms with Gasteiger partial charge >= 0.3 is 0 Å². The second-order valence-electron chi connectivity index (χ2n) is 5.33. The molecule has 0 aliphatic carbocycles. The van der Waals surface area contributed by atoms with Gasteiger partial charge < -0.3 is 5.32 Å². The highest BCUT2D eigenvalue weighted by atomic mass is 32.1. The molecule has 0 saturated carbocycles. The van der Waals surface area contributed by atoms with E-state index in [1.54, 1.807) is 11.3 Å². The third kappa shape index (κ3) is 3.92. The van der Waals surface area contributed by atoms with Gasteiger partial charge in [0.15, 0.2) is 0 Å². The maximum absolute atomic E-state index is 4.83. The fourth-order valence-corrected chi connectivity index (χ4v) is 3.53. The fourth-order valence-electron chi connectivity index (χ4n) is 2.42. The van der Waals surface area contributed by atoms with Crippen LogP contribution in [0.2, 0.25) is 0 Å². The highest BCUT2D eigenvalue weighted by molar-refractivity contribution is 7.11. The number of thiazole rings is 1. The van der Waals surface area contributed by atoms with Crippen molar-refractivity contribution in [3.8, 4) is 0 Å². The lowest BCUT2D eigenvalue weighted by atomic mass is 10.1. The van der Waals surface area contributed by atoms with E-state index in [1.807, 2.05) is 10.9 Å². The number of aromatic nitrogens is 3. The van der Waals surface area contributed by atoms with E-state index in [9.17, 15) is 0 Å². The van der Waals surface area contributed by atoms with Crippen LogP contribution in [-0.2, 0) is 13.0 Å². The van der Waals surface area contributed by atoms with Crippen molar-refractivity contribution in [3.63, 3.8) is 0 Å². The topological polar surface area (TPSA) is 42.7 Å². The first-order chi connectivity index (χ1) is 10.2. The van der Waals surface area contributed by atoms with Crippen molar-refractivity contribution < 1.29 is 0 Å². The number of hydrogen-bond acceptors (Lipinski definition) is 4. The molecule has 0 bridgehead atoms. The van der Waals surface area contributed by atoms with Crippen molar-refractivity contribution in [1.82, 2.24) is 20.1 Å². The molecule has 4 nitrogen and oxygen atoms in total. The molecule has 0 saturated heterocycles. The predicted molar refractivity (Wildman–Crippen MR) is 88.9 cm³/mol. The lowest BCUT2D eigenvalue weighted by Gasteiger charge is -2.14. The summed E-state index contributed by atoms with van der Waals surface area (Å²) in [6, 6.07) is 0.166.